The average molecular weight is 400 g/mol. The zero-order chi connectivity index (χ0) is 21.6. The van der Waals surface area contributed by atoms with E-state index < -0.39 is 29.1 Å². The maximum Gasteiger partial charge on any atom is 0.271 e. The van der Waals surface area contributed by atoms with Crippen LogP contribution < -0.4 is 10.3 Å². The summed E-state index contributed by atoms with van der Waals surface area (Å²) in [6.45, 7) is 5.22. The van der Waals surface area contributed by atoms with E-state index in [0.717, 1.165) is 23.8 Å². The first-order valence-electron chi connectivity index (χ1n) is 9.64. The molecule has 1 N–H and O–H groups in total. The quantitative estimate of drug-likeness (QED) is 0.505. The van der Waals surface area contributed by atoms with Crippen molar-refractivity contribution in [1.29, 1.82) is 5.26 Å². The third kappa shape index (κ3) is 5.02. The van der Waals surface area contributed by atoms with Crippen molar-refractivity contribution >= 4 is 5.78 Å². The third-order valence-corrected chi connectivity index (χ3v) is 4.78. The molecule has 154 valence electrons. The molecule has 29 heavy (non-hydrogen) atoms. The van der Waals surface area contributed by atoms with E-state index in [4.69, 9.17) is 4.74 Å². The zero-order valence-corrected chi connectivity index (χ0v) is 16.9. The van der Waals surface area contributed by atoms with Crippen LogP contribution in [0, 0.1) is 24.1 Å². The van der Waals surface area contributed by atoms with Crippen molar-refractivity contribution in [2.24, 2.45) is 0 Å². The van der Waals surface area contributed by atoms with Crippen molar-refractivity contribution in [3.8, 4) is 17.7 Å². The van der Waals surface area contributed by atoms with Crippen molar-refractivity contribution < 1.29 is 19.0 Å². The lowest BCUT2D eigenvalue weighted by Gasteiger charge is -2.19. The number of hydrogen-bond acceptors (Lipinski definition) is 5. The highest BCUT2D eigenvalue weighted by atomic mass is 19.1. The smallest absolute Gasteiger partial charge is 0.271 e. The maximum absolute atomic E-state index is 13.1. The molecule has 0 aliphatic rings. The van der Waals surface area contributed by atoms with Crippen molar-refractivity contribution in [3.05, 3.63) is 57.1 Å². The Kier molecular flexibility index (Phi) is 7.54. The molecule has 0 radical (unpaired) electrons. The molecule has 1 heterocycles. The number of pyridine rings is 1. The number of carbonyl (C=O) groups is 1. The van der Waals surface area contributed by atoms with Gasteiger partial charge in [0.2, 0.25) is 11.7 Å². The van der Waals surface area contributed by atoms with E-state index in [-0.39, 0.29) is 29.0 Å². The Morgan fingerprint density at radius 2 is 1.93 bits per heavy atom. The summed E-state index contributed by atoms with van der Waals surface area (Å²) in [5, 5.41) is 20.1. The van der Waals surface area contributed by atoms with Crippen LogP contribution in [0.5, 0.6) is 11.6 Å². The summed E-state index contributed by atoms with van der Waals surface area (Å²) in [5.74, 6) is -1.16. The molecule has 0 fully saturated rings. The highest BCUT2D eigenvalue weighted by Crippen LogP contribution is 2.25. The van der Waals surface area contributed by atoms with Crippen LogP contribution in [-0.4, -0.2) is 21.6 Å². The molecule has 2 aromatic rings. The van der Waals surface area contributed by atoms with Crippen LogP contribution in [0.2, 0.25) is 0 Å². The minimum absolute atomic E-state index is 0.105. The van der Waals surface area contributed by atoms with Gasteiger partial charge in [0.25, 0.3) is 5.56 Å². The molecule has 1 atom stereocenters. The van der Waals surface area contributed by atoms with Gasteiger partial charge < -0.3 is 9.84 Å². The molecule has 0 saturated heterocycles. The minimum Gasteiger partial charge on any atom is -0.494 e. The number of benzene rings is 1. The number of aromatic nitrogens is 1. The Balaban J connectivity index is 2.39. The molecule has 6 nitrogen and oxygen atoms in total. The first-order valence-corrected chi connectivity index (χ1v) is 9.64. The Hall–Kier alpha value is -3.14. The number of hydrogen-bond donors (Lipinski definition) is 1. The van der Waals surface area contributed by atoms with Gasteiger partial charge in [-0.25, -0.2) is 4.39 Å². The molecular formula is C22H25FN2O4. The number of ether oxygens (including phenoxy) is 1. The lowest BCUT2D eigenvalue weighted by atomic mass is 9.99. The van der Waals surface area contributed by atoms with Gasteiger partial charge in [0.05, 0.1) is 5.56 Å². The van der Waals surface area contributed by atoms with Gasteiger partial charge >= 0.3 is 0 Å². The van der Waals surface area contributed by atoms with Gasteiger partial charge in [-0.2, -0.15) is 5.26 Å². The fourth-order valence-electron chi connectivity index (χ4n) is 3.12. The minimum atomic E-state index is -1.01. The number of rotatable bonds is 9. The van der Waals surface area contributed by atoms with E-state index in [9.17, 15) is 24.3 Å². The summed E-state index contributed by atoms with van der Waals surface area (Å²) in [5.41, 5.74) is -0.760. The first-order chi connectivity index (χ1) is 13.8. The number of carbonyl (C=O) groups excluding carboxylic acids is 1. The number of nitriles is 1. The molecular weight excluding hydrogens is 375 g/mol. The summed E-state index contributed by atoms with van der Waals surface area (Å²) >= 11 is 0. The van der Waals surface area contributed by atoms with Gasteiger partial charge in [-0.1, -0.05) is 26.2 Å². The standard InChI is InChI=1S/C22H25FN2O4/c1-4-5-6-7-12-25-21(27)18(13-24)14(2)19(22(25)28)20(26)15(3)29-17-10-8-16(23)9-11-17/h8-11,15,28H,4-7,12H2,1-3H3. The first kappa shape index (κ1) is 22.2. The van der Waals surface area contributed by atoms with Crippen LogP contribution in [0.15, 0.2) is 29.1 Å². The highest BCUT2D eigenvalue weighted by Gasteiger charge is 2.28. The predicted octanol–water partition coefficient (Wildman–Crippen LogP) is 4.10. The van der Waals surface area contributed by atoms with E-state index in [2.05, 4.69) is 6.92 Å². The Bertz CT molecular complexity index is 974. The summed E-state index contributed by atoms with van der Waals surface area (Å²) in [6.07, 6.45) is 2.50. The normalized spacial score (nSPS) is 11.7. The van der Waals surface area contributed by atoms with Crippen molar-refractivity contribution in [3.63, 3.8) is 0 Å². The molecule has 0 bridgehead atoms. The largest absolute Gasteiger partial charge is 0.494 e. The molecule has 1 unspecified atom stereocenters. The lowest BCUT2D eigenvalue weighted by molar-refractivity contribution is 0.0812. The second-order valence-corrected chi connectivity index (χ2v) is 6.91. The van der Waals surface area contributed by atoms with Gasteiger partial charge in [0.1, 0.15) is 23.2 Å². The summed E-state index contributed by atoms with van der Waals surface area (Å²) in [4.78, 5) is 25.6. The van der Waals surface area contributed by atoms with Gasteiger partial charge in [0.15, 0.2) is 6.10 Å². The van der Waals surface area contributed by atoms with E-state index in [1.54, 1.807) is 0 Å². The van der Waals surface area contributed by atoms with Gasteiger partial charge in [-0.05, 0) is 50.1 Å². The molecule has 1 aromatic carbocycles. The molecule has 0 spiro atoms. The van der Waals surface area contributed by atoms with Crippen molar-refractivity contribution in [2.75, 3.05) is 0 Å². The molecule has 0 aliphatic heterocycles. The van der Waals surface area contributed by atoms with E-state index >= 15 is 0 Å². The van der Waals surface area contributed by atoms with E-state index in [1.807, 2.05) is 6.07 Å². The monoisotopic (exact) mass is 400 g/mol. The molecule has 0 aliphatic carbocycles. The Morgan fingerprint density at radius 1 is 1.28 bits per heavy atom. The maximum atomic E-state index is 13.1. The number of ketones is 1. The Morgan fingerprint density at radius 3 is 2.52 bits per heavy atom. The summed E-state index contributed by atoms with van der Waals surface area (Å²) in [6, 6.07) is 7.04. The fraction of sp³-hybridized carbons (Fsp3) is 0.409. The van der Waals surface area contributed by atoms with Gasteiger partial charge in [0, 0.05) is 6.54 Å². The fourth-order valence-corrected chi connectivity index (χ4v) is 3.12. The van der Waals surface area contributed by atoms with Crippen molar-refractivity contribution in [2.45, 2.75) is 59.1 Å². The Labute approximate surface area is 169 Å². The van der Waals surface area contributed by atoms with E-state index in [0.29, 0.717) is 6.42 Å². The number of halogens is 1. The third-order valence-electron chi connectivity index (χ3n) is 4.78. The average Bonchev–Trinajstić information content (AvgIpc) is 2.69. The molecule has 1 aromatic heterocycles. The van der Waals surface area contributed by atoms with Crippen LogP contribution >= 0.6 is 0 Å². The van der Waals surface area contributed by atoms with Gasteiger partial charge in [-0.15, -0.1) is 0 Å². The second kappa shape index (κ2) is 9.87. The van der Waals surface area contributed by atoms with E-state index in [1.165, 1.54) is 38.1 Å². The highest BCUT2D eigenvalue weighted by molar-refractivity contribution is 6.03. The number of Topliss-reactive ketones (excluding diaryl/α,β-unsaturated/α-hetero) is 1. The number of nitrogens with zero attached hydrogens (tertiary/aromatic N) is 2. The van der Waals surface area contributed by atoms with Crippen LogP contribution in [0.1, 0.15) is 61.0 Å². The van der Waals surface area contributed by atoms with Crippen LogP contribution in [-0.2, 0) is 6.54 Å². The topological polar surface area (TPSA) is 92.3 Å². The van der Waals surface area contributed by atoms with Gasteiger partial charge in [-0.3, -0.25) is 14.2 Å². The predicted molar refractivity (Wildman–Crippen MR) is 107 cm³/mol. The zero-order valence-electron chi connectivity index (χ0n) is 16.9. The molecule has 0 saturated carbocycles. The van der Waals surface area contributed by atoms with Crippen molar-refractivity contribution in [1.82, 2.24) is 4.57 Å². The SMILES string of the molecule is CCCCCCn1c(O)c(C(=O)C(C)Oc2ccc(F)cc2)c(C)c(C#N)c1=O. The van der Waals surface area contributed by atoms with Crippen LogP contribution in [0.4, 0.5) is 4.39 Å². The van der Waals surface area contributed by atoms with Crippen LogP contribution in [0.25, 0.3) is 0 Å². The van der Waals surface area contributed by atoms with Crippen LogP contribution in [0.3, 0.4) is 0 Å². The molecule has 0 amide bonds. The molecule has 7 heteroatoms. The summed E-state index contributed by atoms with van der Waals surface area (Å²) < 4.78 is 19.7. The number of aromatic hydroxyl groups is 1. The second-order valence-electron chi connectivity index (χ2n) is 6.91. The molecule has 2 rings (SSSR count). The lowest BCUT2D eigenvalue weighted by Crippen LogP contribution is -2.30. The summed E-state index contributed by atoms with van der Waals surface area (Å²) in [7, 11) is 0. The number of unbranched alkanes of at least 4 members (excludes halogenated alkanes) is 3.